The molecule has 0 bridgehead atoms. The fraction of sp³-hybridized carbons (Fsp3) is 0.533. The quantitative estimate of drug-likeness (QED) is 0.867. The van der Waals surface area contributed by atoms with Crippen LogP contribution in [0.2, 0.25) is 0 Å². The van der Waals surface area contributed by atoms with Gasteiger partial charge in [0.25, 0.3) is 0 Å². The van der Waals surface area contributed by atoms with E-state index in [2.05, 4.69) is 35.9 Å². The van der Waals surface area contributed by atoms with Gasteiger partial charge in [0.05, 0.1) is 0 Å². The monoisotopic (exact) mass is 278 g/mol. The highest BCUT2D eigenvalue weighted by atomic mass is 32.2. The van der Waals surface area contributed by atoms with Gasteiger partial charge < -0.3 is 10.6 Å². The molecule has 0 saturated heterocycles. The first-order valence-corrected chi connectivity index (χ1v) is 8.26. The Labute approximate surface area is 119 Å². The Hall–Kier alpha value is -1.00. The molecular weight excluding hydrogens is 256 g/mol. The van der Waals surface area contributed by atoms with Crippen molar-refractivity contribution in [2.24, 2.45) is 0 Å². The average Bonchev–Trinajstić information content (AvgIpc) is 2.46. The Bertz CT molecular complexity index is 436. The second kappa shape index (κ2) is 6.96. The van der Waals surface area contributed by atoms with Crippen LogP contribution in [0, 0.1) is 0 Å². The summed E-state index contributed by atoms with van der Waals surface area (Å²) in [7, 11) is 0. The van der Waals surface area contributed by atoms with Crippen LogP contribution in [0.25, 0.3) is 0 Å². The van der Waals surface area contributed by atoms with Gasteiger partial charge in [-0.15, -0.1) is 0 Å². The van der Waals surface area contributed by atoms with Crippen molar-refractivity contribution in [3.05, 3.63) is 35.4 Å². The molecule has 1 aliphatic rings. The molecule has 1 aromatic rings. The van der Waals surface area contributed by atoms with Crippen LogP contribution in [-0.4, -0.2) is 30.5 Å². The number of carbonyl (C=O) groups is 1. The molecule has 1 aliphatic heterocycles. The Balaban J connectivity index is 2.08. The molecule has 0 aliphatic carbocycles. The van der Waals surface area contributed by atoms with Crippen LogP contribution in [0.4, 0.5) is 0 Å². The van der Waals surface area contributed by atoms with E-state index < -0.39 is 0 Å². The zero-order valence-electron chi connectivity index (χ0n) is 11.6. The molecule has 4 heteroatoms. The molecule has 2 atom stereocenters. The Morgan fingerprint density at radius 2 is 2.32 bits per heavy atom. The highest BCUT2D eigenvalue weighted by molar-refractivity contribution is 7.98. The lowest BCUT2D eigenvalue weighted by molar-refractivity contribution is -0.124. The molecule has 2 unspecified atom stereocenters. The Morgan fingerprint density at radius 3 is 3.05 bits per heavy atom. The Kier molecular flexibility index (Phi) is 5.28. The Morgan fingerprint density at radius 1 is 1.53 bits per heavy atom. The van der Waals surface area contributed by atoms with Crippen molar-refractivity contribution in [3.8, 4) is 0 Å². The minimum atomic E-state index is -0.194. The van der Waals surface area contributed by atoms with Crippen LogP contribution in [0.5, 0.6) is 0 Å². The van der Waals surface area contributed by atoms with Crippen LogP contribution in [0.15, 0.2) is 24.3 Å². The smallest absolute Gasteiger partial charge is 0.241 e. The summed E-state index contributed by atoms with van der Waals surface area (Å²) in [5.74, 6) is 1.07. The minimum absolute atomic E-state index is 0.105. The number of nitrogens with one attached hydrogen (secondary N) is 2. The molecule has 0 spiro atoms. The van der Waals surface area contributed by atoms with Crippen LogP contribution in [0.3, 0.4) is 0 Å². The largest absolute Gasteiger partial charge is 0.351 e. The van der Waals surface area contributed by atoms with Gasteiger partial charge in [-0.25, -0.2) is 0 Å². The first-order chi connectivity index (χ1) is 9.26. The van der Waals surface area contributed by atoms with Gasteiger partial charge in [0, 0.05) is 18.3 Å². The second-order valence-electron chi connectivity index (χ2n) is 4.91. The predicted molar refractivity (Wildman–Crippen MR) is 81.5 cm³/mol. The summed E-state index contributed by atoms with van der Waals surface area (Å²) in [5.41, 5.74) is 2.42. The van der Waals surface area contributed by atoms with Crippen molar-refractivity contribution < 1.29 is 4.79 Å². The van der Waals surface area contributed by atoms with Crippen molar-refractivity contribution in [1.29, 1.82) is 0 Å². The van der Waals surface area contributed by atoms with Crippen LogP contribution in [-0.2, 0) is 11.2 Å². The summed E-state index contributed by atoms with van der Waals surface area (Å²) < 4.78 is 0. The van der Waals surface area contributed by atoms with Crippen molar-refractivity contribution in [1.82, 2.24) is 10.6 Å². The van der Waals surface area contributed by atoms with E-state index in [1.54, 1.807) is 11.8 Å². The van der Waals surface area contributed by atoms with Gasteiger partial charge >= 0.3 is 0 Å². The van der Waals surface area contributed by atoms with E-state index in [-0.39, 0.29) is 18.0 Å². The number of carbonyl (C=O) groups excluding carboxylic acids is 1. The fourth-order valence-corrected chi connectivity index (χ4v) is 3.21. The zero-order valence-corrected chi connectivity index (χ0v) is 12.4. The highest BCUT2D eigenvalue weighted by Crippen LogP contribution is 2.22. The molecule has 3 nitrogen and oxygen atoms in total. The lowest BCUT2D eigenvalue weighted by atomic mass is 9.94. The van der Waals surface area contributed by atoms with Gasteiger partial charge in [0.15, 0.2) is 0 Å². The summed E-state index contributed by atoms with van der Waals surface area (Å²) in [4.78, 5) is 12.4. The molecular formula is C15H22N2OS. The maximum absolute atomic E-state index is 12.4. The molecule has 0 aromatic heterocycles. The van der Waals surface area contributed by atoms with Crippen LogP contribution in [0.1, 0.15) is 30.5 Å². The van der Waals surface area contributed by atoms with E-state index >= 15 is 0 Å². The zero-order chi connectivity index (χ0) is 13.7. The summed E-state index contributed by atoms with van der Waals surface area (Å²) in [6.07, 6.45) is 4.05. The van der Waals surface area contributed by atoms with Gasteiger partial charge in [-0.2, -0.15) is 11.8 Å². The first-order valence-electron chi connectivity index (χ1n) is 6.86. The number of thioether (sulfide) groups is 1. The average molecular weight is 278 g/mol. The van der Waals surface area contributed by atoms with Crippen molar-refractivity contribution in [3.63, 3.8) is 0 Å². The molecule has 1 amide bonds. The third-order valence-electron chi connectivity index (χ3n) is 3.58. The van der Waals surface area contributed by atoms with Gasteiger partial charge in [-0.3, -0.25) is 4.79 Å². The molecule has 0 fully saturated rings. The number of benzene rings is 1. The number of hydrogen-bond acceptors (Lipinski definition) is 3. The standard InChI is InChI=1S/C15H22N2OS/c1-3-12(10-19-2)17-15(18)14-13-7-5-4-6-11(13)8-9-16-14/h4-7,12,14,16H,3,8-10H2,1-2H3,(H,17,18). The van der Waals surface area contributed by atoms with E-state index in [0.29, 0.717) is 0 Å². The maximum atomic E-state index is 12.4. The first kappa shape index (κ1) is 14.4. The SMILES string of the molecule is CCC(CSC)NC(=O)C1NCCc2ccccc21. The molecule has 0 radical (unpaired) electrons. The van der Waals surface area contributed by atoms with E-state index in [9.17, 15) is 4.79 Å². The van der Waals surface area contributed by atoms with Crippen LogP contribution < -0.4 is 10.6 Å². The number of amides is 1. The summed E-state index contributed by atoms with van der Waals surface area (Å²) >= 11 is 1.77. The van der Waals surface area contributed by atoms with Gasteiger partial charge in [-0.1, -0.05) is 31.2 Å². The molecule has 1 aromatic carbocycles. The van der Waals surface area contributed by atoms with Crippen molar-refractivity contribution in [2.45, 2.75) is 31.8 Å². The molecule has 19 heavy (non-hydrogen) atoms. The van der Waals surface area contributed by atoms with E-state index in [1.165, 1.54) is 5.56 Å². The summed E-state index contributed by atoms with van der Waals surface area (Å²) in [6.45, 7) is 2.98. The minimum Gasteiger partial charge on any atom is -0.351 e. The van der Waals surface area contributed by atoms with Crippen molar-refractivity contribution >= 4 is 17.7 Å². The van der Waals surface area contributed by atoms with Gasteiger partial charge in [0.1, 0.15) is 6.04 Å². The third-order valence-corrected chi connectivity index (χ3v) is 4.31. The molecule has 2 rings (SSSR count). The molecule has 1 heterocycles. The second-order valence-corrected chi connectivity index (χ2v) is 5.82. The van der Waals surface area contributed by atoms with E-state index in [0.717, 1.165) is 30.7 Å². The molecule has 2 N–H and O–H groups in total. The lowest BCUT2D eigenvalue weighted by Gasteiger charge is -2.27. The van der Waals surface area contributed by atoms with Crippen molar-refractivity contribution in [2.75, 3.05) is 18.6 Å². The van der Waals surface area contributed by atoms with Gasteiger partial charge in [-0.05, 0) is 30.2 Å². The number of fused-ring (bicyclic) bond motifs is 1. The van der Waals surface area contributed by atoms with Crippen LogP contribution >= 0.6 is 11.8 Å². The number of hydrogen-bond donors (Lipinski definition) is 2. The topological polar surface area (TPSA) is 41.1 Å². The van der Waals surface area contributed by atoms with E-state index in [1.807, 2.05) is 12.1 Å². The van der Waals surface area contributed by atoms with Gasteiger partial charge in [0.2, 0.25) is 5.91 Å². The lowest BCUT2D eigenvalue weighted by Crippen LogP contribution is -2.45. The fourth-order valence-electron chi connectivity index (χ4n) is 2.49. The predicted octanol–water partition coefficient (Wildman–Crippen LogP) is 2.13. The molecule has 104 valence electrons. The van der Waals surface area contributed by atoms with E-state index in [4.69, 9.17) is 0 Å². The normalized spacial score (nSPS) is 19.6. The third kappa shape index (κ3) is 3.51. The summed E-state index contributed by atoms with van der Waals surface area (Å²) in [6, 6.07) is 8.29. The highest BCUT2D eigenvalue weighted by Gasteiger charge is 2.26. The maximum Gasteiger partial charge on any atom is 0.241 e. The molecule has 0 saturated carbocycles. The summed E-state index contributed by atoms with van der Waals surface area (Å²) in [5, 5.41) is 6.48. The number of rotatable bonds is 5.